The van der Waals surface area contributed by atoms with E-state index in [1.54, 1.807) is 25.3 Å². The topological polar surface area (TPSA) is 106 Å². The molecule has 1 aromatic carbocycles. The number of hydrogen-bond donors (Lipinski definition) is 2. The summed E-state index contributed by atoms with van der Waals surface area (Å²) in [5, 5.41) is -0.624. The van der Waals surface area contributed by atoms with E-state index in [9.17, 15) is 18.0 Å². The Kier molecular flexibility index (Phi) is 5.98. The summed E-state index contributed by atoms with van der Waals surface area (Å²) < 4.78 is 39.5. The van der Waals surface area contributed by atoms with Crippen molar-refractivity contribution in [1.82, 2.24) is 19.9 Å². The second-order valence-corrected chi connectivity index (χ2v) is 7.67. The Labute approximate surface area is 191 Å². The van der Waals surface area contributed by atoms with Gasteiger partial charge in [-0.05, 0) is 37.6 Å². The predicted octanol–water partition coefficient (Wildman–Crippen LogP) is 4.04. The van der Waals surface area contributed by atoms with Crippen molar-refractivity contribution in [3.05, 3.63) is 69.8 Å². The summed E-state index contributed by atoms with van der Waals surface area (Å²) in [5.74, 6) is 0.349. The normalized spacial score (nSPS) is 13.4. The number of aromatic nitrogens is 3. The molecule has 33 heavy (non-hydrogen) atoms. The third-order valence-corrected chi connectivity index (χ3v) is 5.45. The minimum Gasteiger partial charge on any atom is -0.396 e. The fourth-order valence-electron chi connectivity index (χ4n) is 3.46. The molecule has 0 saturated carbocycles. The van der Waals surface area contributed by atoms with Gasteiger partial charge in [0.05, 0.1) is 34.1 Å². The van der Waals surface area contributed by atoms with Crippen LogP contribution in [0.1, 0.15) is 33.0 Å². The minimum atomic E-state index is -4.66. The highest BCUT2D eigenvalue weighted by Gasteiger charge is 2.36. The van der Waals surface area contributed by atoms with E-state index in [0.29, 0.717) is 35.0 Å². The number of anilines is 2. The lowest BCUT2D eigenvalue weighted by atomic mass is 10.0. The molecule has 0 bridgehead atoms. The van der Waals surface area contributed by atoms with Crippen molar-refractivity contribution in [3.8, 4) is 5.88 Å². The second-order valence-electron chi connectivity index (χ2n) is 7.29. The largest absolute Gasteiger partial charge is 0.417 e. The summed E-state index contributed by atoms with van der Waals surface area (Å²) in [6, 6.07) is 6.61. The number of carbonyl (C=O) groups is 1. The van der Waals surface area contributed by atoms with Crippen LogP contribution in [0, 0.1) is 6.92 Å². The molecule has 2 aromatic heterocycles. The number of amides is 1. The number of carbonyl (C=O) groups excluding carboxylic acids is 1. The summed E-state index contributed by atoms with van der Waals surface area (Å²) in [6.45, 7) is 1.94. The summed E-state index contributed by atoms with van der Waals surface area (Å²) in [6.07, 6.45) is -2.79. The first-order chi connectivity index (χ1) is 15.6. The maximum atomic E-state index is 13.2. The molecule has 3 aromatic rings. The smallest absolute Gasteiger partial charge is 0.396 e. The summed E-state index contributed by atoms with van der Waals surface area (Å²) in [5.41, 5.74) is 8.81. The monoisotopic (exact) mass is 478 g/mol. The highest BCUT2D eigenvalue weighted by atomic mass is 35.5. The van der Waals surface area contributed by atoms with E-state index in [1.807, 2.05) is 0 Å². The van der Waals surface area contributed by atoms with E-state index in [2.05, 4.69) is 20.4 Å². The van der Waals surface area contributed by atoms with Gasteiger partial charge < -0.3 is 15.5 Å². The van der Waals surface area contributed by atoms with Crippen molar-refractivity contribution >= 4 is 29.0 Å². The Morgan fingerprint density at radius 1 is 1.24 bits per heavy atom. The van der Waals surface area contributed by atoms with Crippen LogP contribution >= 0.6 is 11.6 Å². The second kappa shape index (κ2) is 8.74. The van der Waals surface area contributed by atoms with Gasteiger partial charge >= 0.3 is 6.18 Å². The van der Waals surface area contributed by atoms with Crippen LogP contribution < -0.4 is 16.1 Å². The van der Waals surface area contributed by atoms with E-state index >= 15 is 0 Å². The third-order valence-electron chi connectivity index (χ3n) is 5.04. The molecule has 12 heteroatoms. The van der Waals surface area contributed by atoms with Gasteiger partial charge in [0, 0.05) is 18.3 Å². The molecule has 0 radical (unpaired) electrons. The number of alkyl halides is 3. The molecule has 172 valence electrons. The van der Waals surface area contributed by atoms with Crippen LogP contribution in [0.3, 0.4) is 0 Å². The molecule has 1 aliphatic rings. The fraction of sp³-hybridized carbons (Fsp3) is 0.238. The van der Waals surface area contributed by atoms with Crippen molar-refractivity contribution in [1.29, 1.82) is 0 Å². The molecular formula is C21H18ClF3N6O2. The fourth-order valence-corrected chi connectivity index (χ4v) is 3.77. The number of aryl methyl sites for hydroxylation is 1. The molecular weight excluding hydrogens is 461 g/mol. The summed E-state index contributed by atoms with van der Waals surface area (Å²) in [4.78, 5) is 32.8. The lowest BCUT2D eigenvalue weighted by molar-refractivity contribution is -0.137. The van der Waals surface area contributed by atoms with Crippen LogP contribution in [-0.4, -0.2) is 32.3 Å². The van der Waals surface area contributed by atoms with E-state index < -0.39 is 22.7 Å². The first kappa shape index (κ1) is 22.6. The molecule has 3 heterocycles. The summed E-state index contributed by atoms with van der Waals surface area (Å²) in [7, 11) is 0. The number of hydrogen-bond acceptors (Lipinski definition) is 7. The van der Waals surface area contributed by atoms with Crippen molar-refractivity contribution in [3.63, 3.8) is 0 Å². The van der Waals surface area contributed by atoms with E-state index in [-0.39, 0.29) is 24.5 Å². The van der Waals surface area contributed by atoms with Gasteiger partial charge in [-0.2, -0.15) is 23.6 Å². The first-order valence-electron chi connectivity index (χ1n) is 9.80. The Balaban J connectivity index is 1.57. The van der Waals surface area contributed by atoms with E-state index in [4.69, 9.17) is 22.2 Å². The molecule has 0 aliphatic carbocycles. The molecule has 0 unspecified atom stereocenters. The van der Waals surface area contributed by atoms with Crippen LogP contribution in [0.4, 0.5) is 24.7 Å². The van der Waals surface area contributed by atoms with Crippen molar-refractivity contribution in [2.75, 3.05) is 17.8 Å². The van der Waals surface area contributed by atoms with Crippen LogP contribution in [0.2, 0.25) is 5.02 Å². The average molecular weight is 479 g/mol. The highest BCUT2D eigenvalue weighted by Crippen LogP contribution is 2.37. The first-order valence-corrected chi connectivity index (χ1v) is 10.2. The van der Waals surface area contributed by atoms with Gasteiger partial charge in [0.2, 0.25) is 0 Å². The Morgan fingerprint density at radius 2 is 2.03 bits per heavy atom. The van der Waals surface area contributed by atoms with E-state index in [0.717, 1.165) is 12.1 Å². The molecule has 1 amide bonds. The Hall–Kier alpha value is -3.60. The standard InChI is InChI=1S/C21H18ClF3N6O2/c1-11-28-16-10-31(20(32)13-4-2-5-14(17(13)22)21(23,24)25)9-7-12(16)19(29-11)33-30-18-15(26)6-3-8-27-18/h2-6,8H,7,9-10,26H2,1H3,(H,27,30). The number of nitrogens with one attached hydrogen (secondary N) is 1. The van der Waals surface area contributed by atoms with Crippen molar-refractivity contribution < 1.29 is 22.8 Å². The van der Waals surface area contributed by atoms with Gasteiger partial charge in [0.15, 0.2) is 5.82 Å². The predicted molar refractivity (Wildman–Crippen MR) is 115 cm³/mol. The van der Waals surface area contributed by atoms with Gasteiger partial charge in [-0.3, -0.25) is 4.79 Å². The minimum absolute atomic E-state index is 0.0617. The van der Waals surface area contributed by atoms with Gasteiger partial charge in [-0.25, -0.2) is 9.97 Å². The van der Waals surface area contributed by atoms with Gasteiger partial charge in [0.1, 0.15) is 5.82 Å². The average Bonchev–Trinajstić information content (AvgIpc) is 2.76. The quantitative estimate of drug-likeness (QED) is 0.545. The lowest BCUT2D eigenvalue weighted by Gasteiger charge is -2.29. The molecule has 0 saturated heterocycles. The number of nitrogen functional groups attached to an aromatic ring is 1. The number of nitrogens with two attached hydrogens (primary N) is 1. The SMILES string of the molecule is Cc1nc2c(c(ONc3ncccc3N)n1)CCN(C(=O)c1cccc(C(F)(F)F)c1Cl)C2. The lowest BCUT2D eigenvalue weighted by Crippen LogP contribution is -2.37. The molecule has 1 aliphatic heterocycles. The van der Waals surface area contributed by atoms with E-state index in [1.165, 1.54) is 11.0 Å². The summed E-state index contributed by atoms with van der Waals surface area (Å²) >= 11 is 5.93. The number of benzene rings is 1. The van der Waals surface area contributed by atoms with Crippen LogP contribution in [0.15, 0.2) is 36.5 Å². The highest BCUT2D eigenvalue weighted by molar-refractivity contribution is 6.34. The van der Waals surface area contributed by atoms with Gasteiger partial charge in [0.25, 0.3) is 11.8 Å². The van der Waals surface area contributed by atoms with Crippen molar-refractivity contribution in [2.45, 2.75) is 26.1 Å². The Bertz CT molecular complexity index is 1220. The van der Waals surface area contributed by atoms with Crippen LogP contribution in [0.25, 0.3) is 0 Å². The molecule has 8 nitrogen and oxygen atoms in total. The number of rotatable bonds is 4. The third kappa shape index (κ3) is 4.63. The maximum absolute atomic E-state index is 13.2. The zero-order valence-electron chi connectivity index (χ0n) is 17.3. The molecule has 0 atom stereocenters. The molecule has 0 fully saturated rings. The van der Waals surface area contributed by atoms with Gasteiger partial charge in [-0.1, -0.05) is 17.7 Å². The molecule has 0 spiro atoms. The van der Waals surface area contributed by atoms with Gasteiger partial charge in [-0.15, -0.1) is 0 Å². The number of pyridine rings is 1. The number of halogens is 4. The zero-order chi connectivity index (χ0) is 23.8. The van der Waals surface area contributed by atoms with Crippen LogP contribution in [-0.2, 0) is 19.1 Å². The maximum Gasteiger partial charge on any atom is 0.417 e. The molecule has 3 N–H and O–H groups in total. The number of fused-ring (bicyclic) bond motifs is 1. The Morgan fingerprint density at radius 3 is 2.76 bits per heavy atom. The van der Waals surface area contributed by atoms with Crippen LogP contribution in [0.5, 0.6) is 5.88 Å². The van der Waals surface area contributed by atoms with Crippen molar-refractivity contribution in [2.24, 2.45) is 0 Å². The zero-order valence-corrected chi connectivity index (χ0v) is 18.0. The number of nitrogens with zero attached hydrogens (tertiary/aromatic N) is 4. The molecule has 4 rings (SSSR count).